The fraction of sp³-hybridized carbons (Fsp3) is 0.704. The van der Waals surface area contributed by atoms with Crippen LogP contribution in [0, 0.1) is 5.92 Å². The number of nitrogens with zero attached hydrogens (tertiary/aromatic N) is 2. The van der Waals surface area contributed by atoms with Crippen LogP contribution in [0.25, 0.3) is 0 Å². The second-order valence-electron chi connectivity index (χ2n) is 18.8. The lowest BCUT2D eigenvalue weighted by Crippen LogP contribution is -2.75. The Labute approximate surface area is 442 Å². The van der Waals surface area contributed by atoms with Crippen LogP contribution in [-0.2, 0) is 58.8 Å². The molecule has 4 amide bonds. The van der Waals surface area contributed by atoms with Crippen LogP contribution < -0.4 is 20.7 Å². The van der Waals surface area contributed by atoms with E-state index in [1.807, 2.05) is 29.2 Å². The molecular formula is C54H85N5O16. The summed E-state index contributed by atoms with van der Waals surface area (Å²) in [6.07, 6.45) is 5.95. The number of piperidine rings is 1. The van der Waals surface area contributed by atoms with Crippen molar-refractivity contribution >= 4 is 23.8 Å². The molecule has 3 fully saturated rings. The first kappa shape index (κ1) is 61.3. The third-order valence-corrected chi connectivity index (χ3v) is 13.4. The largest absolute Gasteiger partial charge is 0.465 e. The number of ether oxygens (including phenoxy) is 10. The fourth-order valence-corrected chi connectivity index (χ4v) is 9.20. The van der Waals surface area contributed by atoms with E-state index in [0.29, 0.717) is 182 Å². The quantitative estimate of drug-likeness (QED) is 0.0592. The van der Waals surface area contributed by atoms with Gasteiger partial charge in [0.2, 0.25) is 11.8 Å². The number of likely N-dealkylation sites (tertiary alicyclic amines) is 1. The number of rotatable bonds is 40. The van der Waals surface area contributed by atoms with Crippen LogP contribution in [0.3, 0.4) is 0 Å². The standard InChI is InChI=1S/C54H85N5O16/c1-2-3-21-59-51(62)48(49(60)44-7-5-4-6-8-44)57-52(63)54(59)17-22-58(23-18-54)42-43-9-13-46(14-10-43)75-47-15-11-45(12-16-47)50(61)55-19-24-66-26-28-68-30-32-70-34-36-72-38-40-74-41-39-73-37-35-71-33-31-69-29-27-67-25-20-56-53(64)65/h9-16,44,48-49,56,60H,2-8,17-42H2,1H3,(H,55,61)(H,57,63)(H,64,65)/t48-,49?/m1/s1. The zero-order valence-electron chi connectivity index (χ0n) is 44.2. The van der Waals surface area contributed by atoms with Gasteiger partial charge < -0.3 is 78.4 Å². The summed E-state index contributed by atoms with van der Waals surface area (Å²) in [6, 6.07) is 14.0. The van der Waals surface area contributed by atoms with Crippen LogP contribution in [0.1, 0.15) is 80.6 Å². The van der Waals surface area contributed by atoms with Crippen molar-refractivity contribution in [2.45, 2.75) is 88.9 Å². The summed E-state index contributed by atoms with van der Waals surface area (Å²) in [6.45, 7) is 12.9. The van der Waals surface area contributed by atoms with Crippen LogP contribution in [-0.4, -0.2) is 213 Å². The average Bonchev–Trinajstić information content (AvgIpc) is 3.42. The number of carboxylic acid groups (broad SMARTS) is 1. The van der Waals surface area contributed by atoms with E-state index in [4.69, 9.17) is 52.5 Å². The van der Waals surface area contributed by atoms with Gasteiger partial charge in [-0.2, -0.15) is 0 Å². The Morgan fingerprint density at radius 1 is 0.640 bits per heavy atom. The molecule has 0 aromatic heterocycles. The Kier molecular flexibility index (Phi) is 29.9. The number of hydrogen-bond donors (Lipinski definition) is 5. The number of carbonyl (C=O) groups is 4. The highest BCUT2D eigenvalue weighted by molar-refractivity contribution is 6.00. The summed E-state index contributed by atoms with van der Waals surface area (Å²) in [5.41, 5.74) is 0.734. The minimum Gasteiger partial charge on any atom is -0.465 e. The number of piperazine rings is 1. The van der Waals surface area contributed by atoms with Crippen LogP contribution in [0.4, 0.5) is 4.79 Å². The van der Waals surface area contributed by atoms with Gasteiger partial charge in [-0.05, 0) is 80.0 Å². The number of carbonyl (C=O) groups excluding carboxylic acids is 3. The van der Waals surface area contributed by atoms with Gasteiger partial charge in [0, 0.05) is 44.8 Å². The van der Waals surface area contributed by atoms with E-state index in [9.17, 15) is 24.3 Å². The highest BCUT2D eigenvalue weighted by atomic mass is 16.6. The fourth-order valence-electron chi connectivity index (χ4n) is 9.20. The monoisotopic (exact) mass is 1060 g/mol. The number of aliphatic hydroxyl groups is 1. The molecule has 422 valence electrons. The van der Waals surface area contributed by atoms with Crippen molar-refractivity contribution in [2.75, 3.05) is 152 Å². The van der Waals surface area contributed by atoms with Gasteiger partial charge in [0.25, 0.3) is 5.91 Å². The number of amides is 4. The molecule has 0 bridgehead atoms. The molecule has 2 heterocycles. The molecule has 2 saturated heterocycles. The smallest absolute Gasteiger partial charge is 0.404 e. The van der Waals surface area contributed by atoms with Crippen molar-refractivity contribution in [3.8, 4) is 11.5 Å². The molecule has 21 nitrogen and oxygen atoms in total. The molecule has 2 atom stereocenters. The molecule has 1 saturated carbocycles. The van der Waals surface area contributed by atoms with Gasteiger partial charge in [0.15, 0.2) is 0 Å². The van der Waals surface area contributed by atoms with Crippen molar-refractivity contribution in [1.29, 1.82) is 0 Å². The maximum absolute atomic E-state index is 14.0. The summed E-state index contributed by atoms with van der Waals surface area (Å²) >= 11 is 0. The van der Waals surface area contributed by atoms with E-state index in [2.05, 4.69) is 27.8 Å². The molecule has 21 heteroatoms. The number of unbranched alkanes of at least 4 members (excludes halogenated alkanes) is 1. The van der Waals surface area contributed by atoms with Gasteiger partial charge in [0.1, 0.15) is 23.1 Å². The molecule has 2 aromatic rings. The molecule has 5 rings (SSSR count). The van der Waals surface area contributed by atoms with Gasteiger partial charge in [-0.25, -0.2) is 4.79 Å². The molecule has 2 aliphatic heterocycles. The maximum atomic E-state index is 14.0. The normalized spacial score (nSPS) is 17.5. The first-order chi connectivity index (χ1) is 36.7. The van der Waals surface area contributed by atoms with Gasteiger partial charge in [-0.1, -0.05) is 44.7 Å². The van der Waals surface area contributed by atoms with Crippen molar-refractivity contribution in [1.82, 2.24) is 25.8 Å². The van der Waals surface area contributed by atoms with Gasteiger partial charge >= 0.3 is 6.09 Å². The van der Waals surface area contributed by atoms with Gasteiger partial charge in [-0.3, -0.25) is 19.3 Å². The molecule has 3 aliphatic rings. The van der Waals surface area contributed by atoms with Crippen LogP contribution in [0.2, 0.25) is 0 Å². The molecule has 75 heavy (non-hydrogen) atoms. The first-order valence-electron chi connectivity index (χ1n) is 27.0. The Bertz CT molecular complexity index is 1880. The van der Waals surface area contributed by atoms with E-state index >= 15 is 0 Å². The molecule has 1 spiro atoms. The average molecular weight is 1060 g/mol. The molecule has 1 unspecified atom stereocenters. The third kappa shape index (κ3) is 22.9. The first-order valence-corrected chi connectivity index (χ1v) is 27.0. The van der Waals surface area contributed by atoms with E-state index in [1.54, 1.807) is 24.3 Å². The van der Waals surface area contributed by atoms with Gasteiger partial charge in [0.05, 0.1) is 125 Å². The third-order valence-electron chi connectivity index (χ3n) is 13.4. The zero-order valence-corrected chi connectivity index (χ0v) is 44.2. The van der Waals surface area contributed by atoms with Crippen molar-refractivity contribution in [3.05, 3.63) is 59.7 Å². The SMILES string of the molecule is CCCCN1C(=O)[C@@H](C(O)C2CCCCC2)NC(=O)C12CCN(Cc1ccc(Oc3ccc(C(=O)NCCOCCOCCOCCOCCOCCOCCOCCOCCOCCNC(=O)O)cc3)cc1)CC2. The summed E-state index contributed by atoms with van der Waals surface area (Å²) in [4.78, 5) is 55.0. The predicted molar refractivity (Wildman–Crippen MR) is 277 cm³/mol. The lowest BCUT2D eigenvalue weighted by Gasteiger charge is -2.52. The van der Waals surface area contributed by atoms with E-state index in [-0.39, 0.29) is 30.2 Å². The maximum Gasteiger partial charge on any atom is 0.404 e. The van der Waals surface area contributed by atoms with Crippen molar-refractivity contribution < 1.29 is 76.8 Å². The Hall–Kier alpha value is -4.52. The molecule has 1 aliphatic carbocycles. The summed E-state index contributed by atoms with van der Waals surface area (Å²) in [5.74, 6) is 0.863. The highest BCUT2D eigenvalue weighted by Crippen LogP contribution is 2.37. The summed E-state index contributed by atoms with van der Waals surface area (Å²) < 4.78 is 55.2. The lowest BCUT2D eigenvalue weighted by molar-refractivity contribution is -0.166. The molecular weight excluding hydrogens is 975 g/mol. The Morgan fingerprint density at radius 2 is 1.08 bits per heavy atom. The molecule has 0 radical (unpaired) electrons. The van der Waals surface area contributed by atoms with E-state index < -0.39 is 23.8 Å². The number of aliphatic hydroxyl groups excluding tert-OH is 1. The predicted octanol–water partition coefficient (Wildman–Crippen LogP) is 4.03. The van der Waals surface area contributed by atoms with Crippen molar-refractivity contribution in [2.24, 2.45) is 5.92 Å². The van der Waals surface area contributed by atoms with Gasteiger partial charge in [-0.15, -0.1) is 0 Å². The number of nitrogens with one attached hydrogen (secondary N) is 3. The second-order valence-corrected chi connectivity index (χ2v) is 18.8. The summed E-state index contributed by atoms with van der Waals surface area (Å²) in [7, 11) is 0. The Morgan fingerprint density at radius 3 is 1.53 bits per heavy atom. The number of benzene rings is 2. The van der Waals surface area contributed by atoms with E-state index in [1.165, 1.54) is 0 Å². The number of hydrogen-bond acceptors (Lipinski definition) is 16. The van der Waals surface area contributed by atoms with Crippen LogP contribution in [0.5, 0.6) is 11.5 Å². The van der Waals surface area contributed by atoms with Crippen LogP contribution >= 0.6 is 0 Å². The summed E-state index contributed by atoms with van der Waals surface area (Å²) in [5, 5.41) is 27.8. The van der Waals surface area contributed by atoms with Crippen molar-refractivity contribution in [3.63, 3.8) is 0 Å². The minimum absolute atomic E-state index is 0.0444. The Balaban J connectivity index is 0.809. The second kappa shape index (κ2) is 36.5. The zero-order chi connectivity index (χ0) is 53.2. The molecule has 5 N–H and O–H groups in total. The van der Waals surface area contributed by atoms with E-state index in [0.717, 1.165) is 50.5 Å². The highest BCUT2D eigenvalue weighted by Gasteiger charge is 2.55. The van der Waals surface area contributed by atoms with Crippen LogP contribution in [0.15, 0.2) is 48.5 Å². The molecule has 2 aromatic carbocycles. The lowest BCUT2D eigenvalue weighted by atomic mass is 9.78. The topological polar surface area (TPSA) is 244 Å². The minimum atomic E-state index is -1.07.